The maximum Gasteiger partial charge on any atom is 0.00359 e. The molecule has 3 aliphatic rings. The highest BCUT2D eigenvalue weighted by Gasteiger charge is 2.40. The molecule has 2 nitrogen and oxygen atoms in total. The lowest BCUT2D eigenvalue weighted by Crippen LogP contribution is -2.44. The first kappa shape index (κ1) is 13.9. The van der Waals surface area contributed by atoms with E-state index in [2.05, 4.69) is 24.2 Å². The smallest absolute Gasteiger partial charge is 0.00359 e. The first-order valence-electron chi connectivity index (χ1n) is 8.60. The first-order chi connectivity index (χ1) is 9.21. The van der Waals surface area contributed by atoms with Crippen molar-refractivity contribution in [3.05, 3.63) is 0 Å². The number of piperidine rings is 1. The molecule has 0 aromatic carbocycles. The molecule has 3 rings (SSSR count). The SMILES string of the molecule is CCC1(CN(C)CC2CC3CCC2C3)CCNCC1. The molecule has 110 valence electrons. The fraction of sp³-hybridized carbons (Fsp3) is 1.00. The molecule has 1 aliphatic heterocycles. The molecule has 0 aromatic rings. The van der Waals surface area contributed by atoms with Crippen LogP contribution in [0, 0.1) is 23.2 Å². The van der Waals surface area contributed by atoms with Crippen molar-refractivity contribution < 1.29 is 0 Å². The van der Waals surface area contributed by atoms with Crippen LogP contribution >= 0.6 is 0 Å². The van der Waals surface area contributed by atoms with Crippen LogP contribution in [0.2, 0.25) is 0 Å². The second-order valence-electron chi connectivity index (χ2n) is 7.74. The third-order valence-corrected chi connectivity index (χ3v) is 6.45. The van der Waals surface area contributed by atoms with Gasteiger partial charge in [-0.1, -0.05) is 13.3 Å². The molecule has 3 unspecified atom stereocenters. The molecule has 1 heterocycles. The summed E-state index contributed by atoms with van der Waals surface area (Å²) >= 11 is 0. The number of nitrogens with zero attached hydrogens (tertiary/aromatic N) is 1. The van der Waals surface area contributed by atoms with Crippen molar-refractivity contribution in [3.63, 3.8) is 0 Å². The summed E-state index contributed by atoms with van der Waals surface area (Å²) in [5.74, 6) is 3.21. The lowest BCUT2D eigenvalue weighted by atomic mass is 9.76. The topological polar surface area (TPSA) is 15.3 Å². The molecular formula is C17H32N2. The van der Waals surface area contributed by atoms with Gasteiger partial charge in [-0.3, -0.25) is 0 Å². The molecule has 0 aromatic heterocycles. The van der Waals surface area contributed by atoms with Crippen LogP contribution in [0.4, 0.5) is 0 Å². The predicted octanol–water partition coefficient (Wildman–Crippen LogP) is 3.13. The van der Waals surface area contributed by atoms with Gasteiger partial charge in [0, 0.05) is 13.1 Å². The highest BCUT2D eigenvalue weighted by Crippen LogP contribution is 2.48. The van der Waals surface area contributed by atoms with E-state index >= 15 is 0 Å². The minimum Gasteiger partial charge on any atom is -0.317 e. The molecule has 19 heavy (non-hydrogen) atoms. The van der Waals surface area contributed by atoms with E-state index in [1.807, 2.05) is 0 Å². The number of rotatable bonds is 5. The third kappa shape index (κ3) is 3.00. The maximum absolute atomic E-state index is 3.52. The van der Waals surface area contributed by atoms with Crippen molar-refractivity contribution in [1.82, 2.24) is 10.2 Å². The average Bonchev–Trinajstić information content (AvgIpc) is 3.02. The van der Waals surface area contributed by atoms with Crippen LogP contribution in [0.15, 0.2) is 0 Å². The second kappa shape index (κ2) is 5.73. The average molecular weight is 264 g/mol. The van der Waals surface area contributed by atoms with Gasteiger partial charge >= 0.3 is 0 Å². The maximum atomic E-state index is 3.52. The Bertz CT molecular complexity index is 296. The van der Waals surface area contributed by atoms with Crippen LogP contribution in [0.1, 0.15) is 51.9 Å². The van der Waals surface area contributed by atoms with E-state index in [0.29, 0.717) is 5.41 Å². The van der Waals surface area contributed by atoms with Gasteiger partial charge in [-0.25, -0.2) is 0 Å². The summed E-state index contributed by atoms with van der Waals surface area (Å²) in [7, 11) is 2.38. The molecule has 2 bridgehead atoms. The van der Waals surface area contributed by atoms with E-state index in [4.69, 9.17) is 0 Å². The van der Waals surface area contributed by atoms with E-state index in [-0.39, 0.29) is 0 Å². The molecule has 2 aliphatic carbocycles. The summed E-state index contributed by atoms with van der Waals surface area (Å²) in [5.41, 5.74) is 0.609. The molecule has 2 saturated carbocycles. The fourth-order valence-corrected chi connectivity index (χ4v) is 5.22. The summed E-state index contributed by atoms with van der Waals surface area (Å²) in [6.07, 6.45) is 10.3. The zero-order valence-electron chi connectivity index (χ0n) is 13.0. The third-order valence-electron chi connectivity index (χ3n) is 6.45. The second-order valence-corrected chi connectivity index (χ2v) is 7.74. The predicted molar refractivity (Wildman–Crippen MR) is 81.3 cm³/mol. The Hall–Kier alpha value is -0.0800. The standard InChI is InChI=1S/C17H32N2/c1-3-17(6-8-18-9-7-17)13-19(2)12-16-11-14-4-5-15(16)10-14/h14-16,18H,3-13H2,1-2H3. The van der Waals surface area contributed by atoms with Crippen LogP contribution in [-0.2, 0) is 0 Å². The van der Waals surface area contributed by atoms with Crippen molar-refractivity contribution in [2.45, 2.75) is 51.9 Å². The largest absolute Gasteiger partial charge is 0.317 e. The summed E-state index contributed by atoms with van der Waals surface area (Å²) < 4.78 is 0. The molecule has 1 N–H and O–H groups in total. The van der Waals surface area contributed by atoms with E-state index in [9.17, 15) is 0 Å². The Morgan fingerprint density at radius 3 is 2.53 bits per heavy atom. The Labute approximate surface area is 119 Å². The summed E-state index contributed by atoms with van der Waals surface area (Å²) in [6.45, 7) is 7.57. The van der Waals surface area contributed by atoms with Gasteiger partial charge in [0.1, 0.15) is 0 Å². The van der Waals surface area contributed by atoms with Gasteiger partial charge in [-0.2, -0.15) is 0 Å². The molecule has 2 heteroatoms. The van der Waals surface area contributed by atoms with Crippen LogP contribution in [0.3, 0.4) is 0 Å². The zero-order chi connectivity index (χ0) is 13.3. The van der Waals surface area contributed by atoms with Gasteiger partial charge in [-0.05, 0) is 81.8 Å². The van der Waals surface area contributed by atoms with E-state index < -0.39 is 0 Å². The van der Waals surface area contributed by atoms with Crippen molar-refractivity contribution in [3.8, 4) is 0 Å². The monoisotopic (exact) mass is 264 g/mol. The van der Waals surface area contributed by atoms with Gasteiger partial charge < -0.3 is 10.2 Å². The van der Waals surface area contributed by atoms with Crippen molar-refractivity contribution in [2.75, 3.05) is 33.2 Å². The lowest BCUT2D eigenvalue weighted by molar-refractivity contribution is 0.104. The molecular weight excluding hydrogens is 232 g/mol. The normalized spacial score (nSPS) is 37.1. The van der Waals surface area contributed by atoms with Crippen LogP contribution in [0.5, 0.6) is 0 Å². The fourth-order valence-electron chi connectivity index (χ4n) is 5.22. The highest BCUT2D eigenvalue weighted by atomic mass is 15.1. The lowest BCUT2D eigenvalue weighted by Gasteiger charge is -2.41. The highest BCUT2D eigenvalue weighted by molar-refractivity contribution is 4.92. The number of fused-ring (bicyclic) bond motifs is 2. The zero-order valence-corrected chi connectivity index (χ0v) is 13.0. The van der Waals surface area contributed by atoms with Crippen molar-refractivity contribution in [1.29, 1.82) is 0 Å². The van der Waals surface area contributed by atoms with Gasteiger partial charge in [0.05, 0.1) is 0 Å². The van der Waals surface area contributed by atoms with Gasteiger partial charge in [0.15, 0.2) is 0 Å². The summed E-state index contributed by atoms with van der Waals surface area (Å²) in [6, 6.07) is 0. The summed E-state index contributed by atoms with van der Waals surface area (Å²) in [4.78, 5) is 2.68. The minimum absolute atomic E-state index is 0.609. The number of hydrogen-bond donors (Lipinski definition) is 1. The van der Waals surface area contributed by atoms with Crippen LogP contribution in [-0.4, -0.2) is 38.1 Å². The van der Waals surface area contributed by atoms with Gasteiger partial charge in [-0.15, -0.1) is 0 Å². The van der Waals surface area contributed by atoms with Crippen molar-refractivity contribution in [2.24, 2.45) is 23.2 Å². The molecule has 0 spiro atoms. The Balaban J connectivity index is 1.51. The molecule has 0 radical (unpaired) electrons. The van der Waals surface area contributed by atoms with E-state index in [1.165, 1.54) is 64.7 Å². The Morgan fingerprint density at radius 2 is 1.95 bits per heavy atom. The molecule has 3 fully saturated rings. The van der Waals surface area contributed by atoms with Gasteiger partial charge in [0.2, 0.25) is 0 Å². The van der Waals surface area contributed by atoms with E-state index in [1.54, 1.807) is 6.42 Å². The molecule has 3 atom stereocenters. The number of nitrogens with one attached hydrogen (secondary N) is 1. The van der Waals surface area contributed by atoms with Crippen molar-refractivity contribution >= 4 is 0 Å². The van der Waals surface area contributed by atoms with Crippen LogP contribution in [0.25, 0.3) is 0 Å². The minimum atomic E-state index is 0.609. The molecule has 0 amide bonds. The van der Waals surface area contributed by atoms with E-state index in [0.717, 1.165) is 17.8 Å². The van der Waals surface area contributed by atoms with Crippen LogP contribution < -0.4 is 5.32 Å². The van der Waals surface area contributed by atoms with Gasteiger partial charge in [0.25, 0.3) is 0 Å². The quantitative estimate of drug-likeness (QED) is 0.820. The number of hydrogen-bond acceptors (Lipinski definition) is 2. The summed E-state index contributed by atoms with van der Waals surface area (Å²) in [5, 5.41) is 3.52. The Kier molecular flexibility index (Phi) is 4.19. The first-order valence-corrected chi connectivity index (χ1v) is 8.60. The Morgan fingerprint density at radius 1 is 1.16 bits per heavy atom. The molecule has 1 saturated heterocycles.